The third-order valence-electron chi connectivity index (χ3n) is 2.76. The van der Waals surface area contributed by atoms with Crippen LogP contribution in [0.3, 0.4) is 0 Å². The fourth-order valence-electron chi connectivity index (χ4n) is 2.00. The normalized spacial score (nSPS) is 36.2. The molecular weight excluding hydrogens is 136 g/mol. The summed E-state index contributed by atoms with van der Waals surface area (Å²) in [6.45, 7) is 6.20. The summed E-state index contributed by atoms with van der Waals surface area (Å²) in [4.78, 5) is 0. The zero-order valence-electron chi connectivity index (χ0n) is 7.18. The van der Waals surface area contributed by atoms with Crippen LogP contribution in [0.5, 0.6) is 0 Å². The molecule has 0 aromatic rings. The Hall–Kier alpha value is -0.560. The van der Waals surface area contributed by atoms with Gasteiger partial charge in [-0.1, -0.05) is 24.6 Å². The van der Waals surface area contributed by atoms with E-state index in [0.29, 0.717) is 0 Å². The third kappa shape index (κ3) is 0.951. The molecule has 0 N–H and O–H groups in total. The highest BCUT2D eigenvalue weighted by Gasteiger charge is 2.34. The summed E-state index contributed by atoms with van der Waals surface area (Å²) >= 11 is 0. The predicted molar refractivity (Wildman–Crippen MR) is 45.4 cm³/mol. The van der Waals surface area contributed by atoms with Crippen LogP contribution in [-0.4, -0.2) is 13.2 Å². The van der Waals surface area contributed by atoms with E-state index in [2.05, 4.69) is 26.0 Å². The van der Waals surface area contributed by atoms with E-state index in [-0.39, 0.29) is 5.41 Å². The maximum absolute atomic E-state index is 5.46. The largest absolute Gasteiger partial charge is 0.376 e. The van der Waals surface area contributed by atoms with Crippen molar-refractivity contribution >= 4 is 0 Å². The van der Waals surface area contributed by atoms with Crippen LogP contribution in [0.15, 0.2) is 23.3 Å². The second-order valence-corrected chi connectivity index (χ2v) is 3.78. The highest BCUT2D eigenvalue weighted by atomic mass is 16.5. The number of fused-ring (bicyclic) bond motifs is 1. The minimum Gasteiger partial charge on any atom is -0.376 e. The Morgan fingerprint density at radius 2 is 2.36 bits per heavy atom. The van der Waals surface area contributed by atoms with E-state index >= 15 is 0 Å². The summed E-state index contributed by atoms with van der Waals surface area (Å²) < 4.78 is 5.46. The van der Waals surface area contributed by atoms with Crippen LogP contribution in [0.4, 0.5) is 0 Å². The molecule has 0 aromatic heterocycles. The number of hydrogen-bond acceptors (Lipinski definition) is 1. The molecule has 11 heavy (non-hydrogen) atoms. The topological polar surface area (TPSA) is 9.23 Å². The predicted octanol–water partition coefficient (Wildman–Crippen LogP) is 2.30. The van der Waals surface area contributed by atoms with Gasteiger partial charge in [0, 0.05) is 5.41 Å². The van der Waals surface area contributed by atoms with Gasteiger partial charge in [-0.15, -0.1) is 0 Å². The molecule has 1 heteroatoms. The first kappa shape index (κ1) is 7.11. The molecule has 0 bridgehead atoms. The molecule has 1 heterocycles. The van der Waals surface area contributed by atoms with Gasteiger partial charge in [0.1, 0.15) is 0 Å². The van der Waals surface area contributed by atoms with Crippen molar-refractivity contribution in [2.24, 2.45) is 5.41 Å². The molecule has 0 aromatic carbocycles. The smallest absolute Gasteiger partial charge is 0.0689 e. The summed E-state index contributed by atoms with van der Waals surface area (Å²) in [5.41, 5.74) is 3.26. The Balaban J connectivity index is 2.42. The van der Waals surface area contributed by atoms with E-state index in [9.17, 15) is 0 Å². The van der Waals surface area contributed by atoms with Gasteiger partial charge < -0.3 is 4.74 Å². The molecule has 0 spiro atoms. The molecule has 0 amide bonds. The van der Waals surface area contributed by atoms with E-state index in [1.807, 2.05) is 0 Å². The highest BCUT2D eigenvalue weighted by Crippen LogP contribution is 2.40. The molecule has 60 valence electrons. The van der Waals surface area contributed by atoms with Crippen molar-refractivity contribution in [2.45, 2.75) is 20.3 Å². The number of rotatable bonds is 0. The quantitative estimate of drug-likeness (QED) is 0.481. The van der Waals surface area contributed by atoms with Gasteiger partial charge in [0.25, 0.3) is 0 Å². The van der Waals surface area contributed by atoms with Crippen molar-refractivity contribution in [3.05, 3.63) is 23.3 Å². The summed E-state index contributed by atoms with van der Waals surface area (Å²) in [7, 11) is 0. The van der Waals surface area contributed by atoms with Crippen molar-refractivity contribution in [1.82, 2.24) is 0 Å². The maximum atomic E-state index is 5.46. The van der Waals surface area contributed by atoms with Crippen LogP contribution in [0.25, 0.3) is 0 Å². The van der Waals surface area contributed by atoms with Crippen LogP contribution in [0.1, 0.15) is 20.3 Å². The molecule has 1 unspecified atom stereocenters. The second-order valence-electron chi connectivity index (χ2n) is 3.78. The Morgan fingerprint density at radius 1 is 1.55 bits per heavy atom. The second kappa shape index (κ2) is 2.21. The Labute approximate surface area is 67.7 Å². The lowest BCUT2D eigenvalue weighted by Gasteiger charge is -2.24. The summed E-state index contributed by atoms with van der Waals surface area (Å²) in [5, 5.41) is 0. The van der Waals surface area contributed by atoms with Gasteiger partial charge in [0.2, 0.25) is 0 Å². The third-order valence-corrected chi connectivity index (χ3v) is 2.76. The van der Waals surface area contributed by atoms with Gasteiger partial charge in [-0.2, -0.15) is 0 Å². The summed E-state index contributed by atoms with van der Waals surface area (Å²) in [5.74, 6) is 0. The molecule has 1 fully saturated rings. The average Bonchev–Trinajstić information content (AvgIpc) is 2.31. The number of ether oxygens (including phenoxy) is 1. The first-order valence-corrected chi connectivity index (χ1v) is 4.17. The molecular formula is C10H14O. The Bertz CT molecular complexity index is 237. The Morgan fingerprint density at radius 3 is 3.09 bits per heavy atom. The van der Waals surface area contributed by atoms with E-state index in [4.69, 9.17) is 4.74 Å². The lowest BCUT2D eigenvalue weighted by atomic mass is 9.78. The van der Waals surface area contributed by atoms with Crippen molar-refractivity contribution in [3.63, 3.8) is 0 Å². The molecule has 0 radical (unpaired) electrons. The number of hydrogen-bond donors (Lipinski definition) is 0. The monoisotopic (exact) mass is 150 g/mol. The standard InChI is InChI=1S/C10H14O/c1-8-4-3-5-10(2)7-11-6-9(8)10/h3,5H,4,6-7H2,1-2H3. The van der Waals surface area contributed by atoms with Gasteiger partial charge in [-0.05, 0) is 18.9 Å². The van der Waals surface area contributed by atoms with Crippen LogP contribution < -0.4 is 0 Å². The summed E-state index contributed by atoms with van der Waals surface area (Å²) in [6, 6.07) is 0. The highest BCUT2D eigenvalue weighted by molar-refractivity contribution is 5.34. The molecule has 1 saturated heterocycles. The first-order valence-electron chi connectivity index (χ1n) is 4.17. The zero-order chi connectivity index (χ0) is 7.90. The van der Waals surface area contributed by atoms with Crippen LogP contribution in [0.2, 0.25) is 0 Å². The molecule has 2 rings (SSSR count). The van der Waals surface area contributed by atoms with E-state index in [1.165, 1.54) is 11.1 Å². The molecule has 1 aliphatic carbocycles. The first-order chi connectivity index (χ1) is 5.22. The lowest BCUT2D eigenvalue weighted by Crippen LogP contribution is -2.18. The van der Waals surface area contributed by atoms with Crippen molar-refractivity contribution in [1.29, 1.82) is 0 Å². The molecule has 1 nitrogen and oxygen atoms in total. The van der Waals surface area contributed by atoms with Gasteiger partial charge >= 0.3 is 0 Å². The van der Waals surface area contributed by atoms with E-state index in [0.717, 1.165) is 19.6 Å². The van der Waals surface area contributed by atoms with Crippen LogP contribution >= 0.6 is 0 Å². The van der Waals surface area contributed by atoms with E-state index < -0.39 is 0 Å². The zero-order valence-corrected chi connectivity index (χ0v) is 7.18. The van der Waals surface area contributed by atoms with Gasteiger partial charge in [0.05, 0.1) is 13.2 Å². The number of allylic oxidation sites excluding steroid dienone is 2. The Kier molecular flexibility index (Phi) is 1.43. The summed E-state index contributed by atoms with van der Waals surface area (Å²) in [6.07, 6.45) is 5.67. The maximum Gasteiger partial charge on any atom is 0.0689 e. The SMILES string of the molecule is CC1=C2COCC2(C)C=CC1. The van der Waals surface area contributed by atoms with Crippen molar-refractivity contribution in [3.8, 4) is 0 Å². The molecule has 0 saturated carbocycles. The molecule has 1 atom stereocenters. The van der Waals surface area contributed by atoms with Gasteiger partial charge in [-0.3, -0.25) is 0 Å². The van der Waals surface area contributed by atoms with Gasteiger partial charge in [-0.25, -0.2) is 0 Å². The lowest BCUT2D eigenvalue weighted by molar-refractivity contribution is 0.175. The molecule has 1 aliphatic heterocycles. The van der Waals surface area contributed by atoms with Gasteiger partial charge in [0.15, 0.2) is 0 Å². The van der Waals surface area contributed by atoms with E-state index in [1.54, 1.807) is 0 Å². The van der Waals surface area contributed by atoms with Crippen molar-refractivity contribution < 1.29 is 4.74 Å². The average molecular weight is 150 g/mol. The minimum atomic E-state index is 0.238. The fraction of sp³-hybridized carbons (Fsp3) is 0.600. The van der Waals surface area contributed by atoms with Crippen LogP contribution in [-0.2, 0) is 4.74 Å². The fourth-order valence-corrected chi connectivity index (χ4v) is 2.00. The van der Waals surface area contributed by atoms with Crippen LogP contribution in [0, 0.1) is 5.41 Å². The molecule has 2 aliphatic rings. The minimum absolute atomic E-state index is 0.238. The van der Waals surface area contributed by atoms with Crippen molar-refractivity contribution in [2.75, 3.05) is 13.2 Å².